The zero-order chi connectivity index (χ0) is 16.5. The Balaban J connectivity index is 1.75. The van der Waals surface area contributed by atoms with Crippen molar-refractivity contribution in [3.63, 3.8) is 0 Å². The lowest BCUT2D eigenvalue weighted by Crippen LogP contribution is -2.24. The van der Waals surface area contributed by atoms with Gasteiger partial charge in [-0.1, -0.05) is 0 Å². The van der Waals surface area contributed by atoms with E-state index in [0.29, 0.717) is 30.5 Å². The zero-order valence-electron chi connectivity index (χ0n) is 13.1. The molecule has 0 bridgehead atoms. The molecule has 4 aromatic rings. The molecule has 122 valence electrons. The molecule has 0 saturated heterocycles. The maximum Gasteiger partial charge on any atom is 0.230 e. The fraction of sp³-hybridized carbons (Fsp3) is 0.188. The lowest BCUT2D eigenvalue weighted by Gasteiger charge is -2.20. The highest BCUT2D eigenvalue weighted by Crippen LogP contribution is 2.23. The van der Waals surface area contributed by atoms with Crippen LogP contribution in [0.1, 0.15) is 11.5 Å². The molecule has 2 N–H and O–H groups in total. The molecule has 4 rings (SSSR count). The van der Waals surface area contributed by atoms with E-state index in [9.17, 15) is 0 Å². The largest absolute Gasteiger partial charge is 0.467 e. The Kier molecular flexibility index (Phi) is 3.42. The number of aryl methyl sites for hydroxylation is 1. The van der Waals surface area contributed by atoms with Crippen molar-refractivity contribution in [1.29, 1.82) is 0 Å². The maximum atomic E-state index is 6.08. The molecule has 0 atom stereocenters. The van der Waals surface area contributed by atoms with Crippen molar-refractivity contribution >= 4 is 22.8 Å². The monoisotopic (exact) mass is 324 g/mol. The Hall–Kier alpha value is -3.29. The van der Waals surface area contributed by atoms with E-state index in [1.54, 1.807) is 23.4 Å². The molecule has 8 heteroatoms. The average Bonchev–Trinajstić information content (AvgIpc) is 3.30. The van der Waals surface area contributed by atoms with E-state index in [1.165, 1.54) is 0 Å². The number of nitrogens with two attached hydrogens (primary N) is 1. The van der Waals surface area contributed by atoms with Gasteiger partial charge in [0, 0.05) is 7.05 Å². The second kappa shape index (κ2) is 5.73. The lowest BCUT2D eigenvalue weighted by atomic mass is 10.3. The molecule has 0 aliphatic heterocycles. The van der Waals surface area contributed by atoms with E-state index in [2.05, 4.69) is 15.1 Å². The van der Waals surface area contributed by atoms with Crippen LogP contribution in [0.3, 0.4) is 0 Å². The molecule has 0 saturated carbocycles. The van der Waals surface area contributed by atoms with E-state index in [0.717, 1.165) is 16.9 Å². The third-order valence-electron chi connectivity index (χ3n) is 3.75. The first kappa shape index (κ1) is 14.3. The van der Waals surface area contributed by atoms with Gasteiger partial charge in [0.25, 0.3) is 0 Å². The van der Waals surface area contributed by atoms with Crippen LogP contribution in [0.4, 0.5) is 11.8 Å². The predicted octanol–water partition coefficient (Wildman–Crippen LogP) is 2.34. The number of nitrogens with zero attached hydrogens (tertiary/aromatic N) is 5. The van der Waals surface area contributed by atoms with Crippen LogP contribution in [0, 0.1) is 0 Å². The Bertz CT molecular complexity index is 906. The molecule has 4 heterocycles. The molecular formula is C16H16N6O2. The van der Waals surface area contributed by atoms with E-state index in [1.807, 2.05) is 36.2 Å². The fourth-order valence-electron chi connectivity index (χ4n) is 2.55. The molecule has 24 heavy (non-hydrogen) atoms. The molecule has 0 unspecified atom stereocenters. The fourth-order valence-corrected chi connectivity index (χ4v) is 2.55. The Morgan fingerprint density at radius 3 is 2.33 bits per heavy atom. The average molecular weight is 324 g/mol. The smallest absolute Gasteiger partial charge is 0.230 e. The molecule has 0 aliphatic rings. The van der Waals surface area contributed by atoms with Crippen LogP contribution in [0.15, 0.2) is 51.8 Å². The number of furan rings is 2. The van der Waals surface area contributed by atoms with Gasteiger partial charge in [-0.3, -0.25) is 4.68 Å². The quantitative estimate of drug-likeness (QED) is 0.601. The maximum absolute atomic E-state index is 6.08. The van der Waals surface area contributed by atoms with Gasteiger partial charge >= 0.3 is 0 Å². The summed E-state index contributed by atoms with van der Waals surface area (Å²) in [7, 11) is 1.82. The van der Waals surface area contributed by atoms with Gasteiger partial charge in [0.1, 0.15) is 17.3 Å². The summed E-state index contributed by atoms with van der Waals surface area (Å²) in [4.78, 5) is 11.0. The van der Waals surface area contributed by atoms with Crippen molar-refractivity contribution in [2.24, 2.45) is 7.05 Å². The number of fused-ring (bicyclic) bond motifs is 1. The number of aromatic nitrogens is 4. The lowest BCUT2D eigenvalue weighted by molar-refractivity contribution is 0.474. The van der Waals surface area contributed by atoms with Crippen molar-refractivity contribution in [1.82, 2.24) is 19.7 Å². The van der Waals surface area contributed by atoms with E-state index in [4.69, 9.17) is 14.6 Å². The van der Waals surface area contributed by atoms with Gasteiger partial charge in [-0.15, -0.1) is 0 Å². The molecule has 0 aliphatic carbocycles. The summed E-state index contributed by atoms with van der Waals surface area (Å²) < 4.78 is 12.6. The van der Waals surface area contributed by atoms with E-state index in [-0.39, 0.29) is 0 Å². The number of hydrogen-bond donors (Lipinski definition) is 1. The highest BCUT2D eigenvalue weighted by Gasteiger charge is 2.17. The summed E-state index contributed by atoms with van der Waals surface area (Å²) in [6, 6.07) is 7.50. The summed E-state index contributed by atoms with van der Waals surface area (Å²) >= 11 is 0. The molecular weight excluding hydrogens is 308 g/mol. The zero-order valence-corrected chi connectivity index (χ0v) is 13.1. The first-order valence-corrected chi connectivity index (χ1v) is 7.45. The van der Waals surface area contributed by atoms with Crippen LogP contribution in [0.2, 0.25) is 0 Å². The van der Waals surface area contributed by atoms with Gasteiger partial charge in [0.15, 0.2) is 5.65 Å². The number of anilines is 2. The number of hydrogen-bond acceptors (Lipinski definition) is 7. The van der Waals surface area contributed by atoms with Crippen LogP contribution < -0.4 is 10.6 Å². The first-order valence-electron chi connectivity index (χ1n) is 7.45. The van der Waals surface area contributed by atoms with Crippen molar-refractivity contribution < 1.29 is 8.83 Å². The molecule has 0 radical (unpaired) electrons. The summed E-state index contributed by atoms with van der Waals surface area (Å²) in [5.74, 6) is 2.49. The van der Waals surface area contributed by atoms with E-state index >= 15 is 0 Å². The molecule has 0 fully saturated rings. The SMILES string of the molecule is Cn1ncc2c(N)nc(N(Cc3ccco3)Cc3ccco3)nc21. The molecule has 4 aromatic heterocycles. The Morgan fingerprint density at radius 1 is 1.08 bits per heavy atom. The second-order valence-corrected chi connectivity index (χ2v) is 5.43. The van der Waals surface area contributed by atoms with Crippen molar-refractivity contribution in [2.75, 3.05) is 10.6 Å². The number of nitrogen functional groups attached to an aromatic ring is 1. The van der Waals surface area contributed by atoms with Crippen molar-refractivity contribution in [2.45, 2.75) is 13.1 Å². The van der Waals surface area contributed by atoms with Gasteiger partial charge in [-0.25, -0.2) is 0 Å². The minimum absolute atomic E-state index is 0.395. The van der Waals surface area contributed by atoms with Gasteiger partial charge in [0.05, 0.1) is 37.2 Å². The van der Waals surface area contributed by atoms with Crippen molar-refractivity contribution in [3.8, 4) is 0 Å². The van der Waals surface area contributed by atoms with Crippen LogP contribution in [0.25, 0.3) is 11.0 Å². The predicted molar refractivity (Wildman–Crippen MR) is 88.0 cm³/mol. The Morgan fingerprint density at radius 2 is 1.75 bits per heavy atom. The minimum Gasteiger partial charge on any atom is -0.467 e. The first-order chi connectivity index (χ1) is 11.7. The highest BCUT2D eigenvalue weighted by atomic mass is 16.3. The van der Waals surface area contributed by atoms with Gasteiger partial charge in [0.2, 0.25) is 5.95 Å². The third-order valence-corrected chi connectivity index (χ3v) is 3.75. The minimum atomic E-state index is 0.395. The number of rotatable bonds is 5. The Labute approximate surface area is 137 Å². The van der Waals surface area contributed by atoms with Gasteiger partial charge in [-0.05, 0) is 24.3 Å². The molecule has 0 spiro atoms. The third kappa shape index (κ3) is 2.58. The van der Waals surface area contributed by atoms with Crippen LogP contribution in [0.5, 0.6) is 0 Å². The summed E-state index contributed by atoms with van der Waals surface area (Å²) in [5, 5.41) is 4.92. The van der Waals surface area contributed by atoms with Crippen LogP contribution >= 0.6 is 0 Å². The van der Waals surface area contributed by atoms with Crippen LogP contribution in [-0.4, -0.2) is 19.7 Å². The standard InChI is InChI=1S/C16H16N6O2/c1-21-15-13(8-18-21)14(17)19-16(20-15)22(9-11-4-2-6-23-11)10-12-5-3-7-24-12/h2-8H,9-10H2,1H3,(H2,17,19,20). The molecule has 0 amide bonds. The summed E-state index contributed by atoms with van der Waals surface area (Å²) in [6.07, 6.45) is 4.94. The molecule has 8 nitrogen and oxygen atoms in total. The van der Waals surface area contributed by atoms with E-state index < -0.39 is 0 Å². The van der Waals surface area contributed by atoms with Gasteiger partial charge in [-0.2, -0.15) is 15.1 Å². The normalized spacial score (nSPS) is 11.2. The molecule has 0 aromatic carbocycles. The highest BCUT2D eigenvalue weighted by molar-refractivity contribution is 5.86. The topological polar surface area (TPSA) is 99.1 Å². The second-order valence-electron chi connectivity index (χ2n) is 5.43. The van der Waals surface area contributed by atoms with Crippen molar-refractivity contribution in [3.05, 3.63) is 54.5 Å². The summed E-state index contributed by atoms with van der Waals surface area (Å²) in [6.45, 7) is 0.993. The summed E-state index contributed by atoms with van der Waals surface area (Å²) in [5.41, 5.74) is 6.76. The van der Waals surface area contributed by atoms with Gasteiger partial charge < -0.3 is 19.5 Å². The van der Waals surface area contributed by atoms with Crippen LogP contribution in [-0.2, 0) is 20.1 Å².